The van der Waals surface area contributed by atoms with Crippen LogP contribution in [-0.4, -0.2) is 11.3 Å². The number of alkyl halides is 3. The molecule has 3 nitrogen and oxygen atoms in total. The molecular weight excluding hydrogens is 257 g/mol. The predicted octanol–water partition coefficient (Wildman–Crippen LogP) is 3.75. The van der Waals surface area contributed by atoms with E-state index in [9.17, 15) is 13.2 Å². The van der Waals surface area contributed by atoms with Gasteiger partial charge in [0.1, 0.15) is 5.02 Å². The van der Waals surface area contributed by atoms with Crippen LogP contribution in [0.3, 0.4) is 0 Å². The summed E-state index contributed by atoms with van der Waals surface area (Å²) in [5.41, 5.74) is 5.41. The van der Waals surface area contributed by atoms with Crippen LogP contribution in [0.5, 0.6) is 0 Å². The number of rotatable bonds is 1. The molecule has 1 aromatic heterocycles. The molecule has 1 fully saturated rings. The number of aromatic nitrogens is 1. The lowest BCUT2D eigenvalue weighted by molar-refractivity contribution is -0.183. The predicted molar refractivity (Wildman–Crippen MR) is 56.7 cm³/mol. The van der Waals surface area contributed by atoms with Gasteiger partial charge in [-0.15, -0.1) is 0 Å². The fourth-order valence-electron chi connectivity index (χ4n) is 2.28. The highest BCUT2D eigenvalue weighted by Gasteiger charge is 2.43. The highest BCUT2D eigenvalue weighted by atomic mass is 35.5. The van der Waals surface area contributed by atoms with Crippen molar-refractivity contribution in [1.29, 1.82) is 0 Å². The van der Waals surface area contributed by atoms with Gasteiger partial charge in [-0.1, -0.05) is 23.2 Å². The first-order chi connectivity index (χ1) is 7.89. The number of hydrogen-bond donors (Lipinski definition) is 1. The fraction of sp³-hybridized carbons (Fsp3) is 0.700. The van der Waals surface area contributed by atoms with Crippen molar-refractivity contribution in [2.75, 3.05) is 5.73 Å². The van der Waals surface area contributed by atoms with Gasteiger partial charge in [0.2, 0.25) is 0 Å². The number of anilines is 1. The van der Waals surface area contributed by atoms with Gasteiger partial charge in [-0.3, -0.25) is 0 Å². The van der Waals surface area contributed by atoms with E-state index >= 15 is 0 Å². The molecule has 0 amide bonds. The van der Waals surface area contributed by atoms with Crippen molar-refractivity contribution < 1.29 is 17.7 Å². The zero-order valence-corrected chi connectivity index (χ0v) is 9.68. The number of hydrogen-bond acceptors (Lipinski definition) is 3. The molecule has 96 valence electrons. The van der Waals surface area contributed by atoms with Crippen LogP contribution in [0, 0.1) is 5.92 Å². The zero-order chi connectivity index (χ0) is 12.6. The lowest BCUT2D eigenvalue weighted by atomic mass is 9.80. The zero-order valence-electron chi connectivity index (χ0n) is 8.93. The van der Waals surface area contributed by atoms with Crippen molar-refractivity contribution in [3.8, 4) is 0 Å². The van der Waals surface area contributed by atoms with Crippen LogP contribution >= 0.6 is 11.6 Å². The molecule has 2 atom stereocenters. The number of nitrogen functional groups attached to an aromatic ring is 1. The van der Waals surface area contributed by atoms with Crippen molar-refractivity contribution in [3.63, 3.8) is 0 Å². The summed E-state index contributed by atoms with van der Waals surface area (Å²) in [6, 6.07) is 0. The Morgan fingerprint density at radius 2 is 2.06 bits per heavy atom. The minimum Gasteiger partial charge on any atom is -0.380 e. The van der Waals surface area contributed by atoms with Gasteiger partial charge in [0, 0.05) is 5.92 Å². The third-order valence-electron chi connectivity index (χ3n) is 3.19. The Morgan fingerprint density at radius 1 is 1.35 bits per heavy atom. The lowest BCUT2D eigenvalue weighted by Gasteiger charge is -2.29. The highest BCUT2D eigenvalue weighted by Crippen LogP contribution is 2.45. The van der Waals surface area contributed by atoms with E-state index < -0.39 is 12.1 Å². The quantitative estimate of drug-likeness (QED) is 0.844. The Labute approximate surface area is 101 Å². The largest absolute Gasteiger partial charge is 0.391 e. The molecule has 0 saturated heterocycles. The molecular formula is C10H12ClF3N2O. The van der Waals surface area contributed by atoms with E-state index in [-0.39, 0.29) is 35.4 Å². The molecule has 0 bridgehead atoms. The maximum Gasteiger partial charge on any atom is 0.391 e. The minimum atomic E-state index is -4.16. The van der Waals surface area contributed by atoms with E-state index in [1.54, 1.807) is 0 Å². The van der Waals surface area contributed by atoms with Gasteiger partial charge in [-0.05, 0) is 19.3 Å². The molecule has 2 unspecified atom stereocenters. The van der Waals surface area contributed by atoms with Gasteiger partial charge in [-0.2, -0.15) is 13.2 Å². The third-order valence-corrected chi connectivity index (χ3v) is 3.57. The van der Waals surface area contributed by atoms with Gasteiger partial charge in [-0.25, -0.2) is 0 Å². The molecule has 1 aliphatic carbocycles. The van der Waals surface area contributed by atoms with Gasteiger partial charge in [0.15, 0.2) is 11.6 Å². The van der Waals surface area contributed by atoms with Crippen LogP contribution in [0.1, 0.15) is 37.4 Å². The first-order valence-electron chi connectivity index (χ1n) is 5.37. The SMILES string of the molecule is Nc1noc(C2CCCC(C(F)(F)F)C2)c1Cl. The molecule has 1 saturated carbocycles. The van der Waals surface area contributed by atoms with Gasteiger partial charge in [0.25, 0.3) is 0 Å². The highest BCUT2D eigenvalue weighted by molar-refractivity contribution is 6.33. The number of halogens is 4. The summed E-state index contributed by atoms with van der Waals surface area (Å²) in [5, 5.41) is 3.62. The summed E-state index contributed by atoms with van der Waals surface area (Å²) in [6.07, 6.45) is -2.86. The first-order valence-corrected chi connectivity index (χ1v) is 5.74. The summed E-state index contributed by atoms with van der Waals surface area (Å²) < 4.78 is 42.8. The van der Waals surface area contributed by atoms with E-state index in [0.717, 1.165) is 0 Å². The van der Waals surface area contributed by atoms with Crippen molar-refractivity contribution in [3.05, 3.63) is 10.8 Å². The normalized spacial score (nSPS) is 26.1. The Kier molecular flexibility index (Phi) is 3.25. The Morgan fingerprint density at radius 3 is 2.59 bits per heavy atom. The Hall–Kier alpha value is -0.910. The van der Waals surface area contributed by atoms with Crippen molar-refractivity contribution >= 4 is 17.4 Å². The van der Waals surface area contributed by atoms with E-state index in [2.05, 4.69) is 5.16 Å². The van der Waals surface area contributed by atoms with E-state index in [0.29, 0.717) is 12.8 Å². The standard InChI is InChI=1S/C10H12ClF3N2O/c11-7-8(17-16-9(7)15)5-2-1-3-6(4-5)10(12,13)14/h5-6H,1-4H2,(H2,15,16). The summed E-state index contributed by atoms with van der Waals surface area (Å²) in [7, 11) is 0. The number of nitrogens with two attached hydrogens (primary N) is 1. The second kappa shape index (κ2) is 4.40. The second-order valence-electron chi connectivity index (χ2n) is 4.35. The van der Waals surface area contributed by atoms with Crippen molar-refractivity contribution in [2.45, 2.75) is 37.8 Å². The molecule has 0 radical (unpaired) electrons. The monoisotopic (exact) mass is 268 g/mol. The molecule has 0 aliphatic heterocycles. The topological polar surface area (TPSA) is 52.0 Å². The molecule has 1 aromatic rings. The van der Waals surface area contributed by atoms with E-state index in [1.807, 2.05) is 0 Å². The van der Waals surface area contributed by atoms with Gasteiger partial charge < -0.3 is 10.3 Å². The Bertz CT molecular complexity index is 405. The van der Waals surface area contributed by atoms with Crippen LogP contribution in [0.2, 0.25) is 5.02 Å². The van der Waals surface area contributed by atoms with Crippen LogP contribution in [0.15, 0.2) is 4.52 Å². The fourth-order valence-corrected chi connectivity index (χ4v) is 2.51. The molecule has 1 aliphatic rings. The first kappa shape index (κ1) is 12.5. The Balaban J connectivity index is 2.15. The molecule has 0 aromatic carbocycles. The molecule has 2 N–H and O–H groups in total. The summed E-state index contributed by atoms with van der Waals surface area (Å²) >= 11 is 5.84. The third kappa shape index (κ3) is 2.51. The maximum atomic E-state index is 12.6. The van der Waals surface area contributed by atoms with Crippen LogP contribution < -0.4 is 5.73 Å². The maximum absolute atomic E-state index is 12.6. The summed E-state index contributed by atoms with van der Waals surface area (Å²) in [6.45, 7) is 0. The van der Waals surface area contributed by atoms with Crippen molar-refractivity contribution in [2.24, 2.45) is 5.92 Å². The second-order valence-corrected chi connectivity index (χ2v) is 4.73. The molecule has 7 heteroatoms. The lowest BCUT2D eigenvalue weighted by Crippen LogP contribution is -2.28. The molecule has 2 rings (SSSR count). The minimum absolute atomic E-state index is 0.00213. The van der Waals surface area contributed by atoms with E-state index in [1.165, 1.54) is 0 Å². The molecule has 0 spiro atoms. The van der Waals surface area contributed by atoms with Gasteiger partial charge >= 0.3 is 6.18 Å². The number of nitrogens with zero attached hydrogens (tertiary/aromatic N) is 1. The van der Waals surface area contributed by atoms with Crippen LogP contribution in [0.4, 0.5) is 19.0 Å². The van der Waals surface area contributed by atoms with Crippen molar-refractivity contribution in [1.82, 2.24) is 5.16 Å². The van der Waals surface area contributed by atoms with E-state index in [4.69, 9.17) is 21.9 Å². The summed E-state index contributed by atoms with van der Waals surface area (Å²) in [5.74, 6) is -1.30. The molecule has 1 heterocycles. The van der Waals surface area contributed by atoms with Crippen LogP contribution in [0.25, 0.3) is 0 Å². The smallest absolute Gasteiger partial charge is 0.380 e. The van der Waals surface area contributed by atoms with Gasteiger partial charge in [0.05, 0.1) is 5.92 Å². The average Bonchev–Trinajstić information content (AvgIpc) is 2.59. The molecule has 17 heavy (non-hydrogen) atoms. The summed E-state index contributed by atoms with van der Waals surface area (Å²) in [4.78, 5) is 0. The van der Waals surface area contributed by atoms with Crippen LogP contribution in [-0.2, 0) is 0 Å². The average molecular weight is 269 g/mol.